The maximum Gasteiger partial charge on any atom is 0.151 e. The molecule has 2 fully saturated rings. The van der Waals surface area contributed by atoms with Crippen LogP contribution in [0.5, 0.6) is 0 Å². The van der Waals surface area contributed by atoms with E-state index in [4.69, 9.17) is 11.6 Å². The molecule has 0 aliphatic carbocycles. The summed E-state index contributed by atoms with van der Waals surface area (Å²) >= 11 is 5.74. The van der Waals surface area contributed by atoms with Gasteiger partial charge in [0.15, 0.2) is 5.82 Å². The number of nitrogens with zero attached hydrogens (tertiary/aromatic N) is 4. The third-order valence-electron chi connectivity index (χ3n) is 3.97. The van der Waals surface area contributed by atoms with Gasteiger partial charge < -0.3 is 4.90 Å². The highest BCUT2D eigenvalue weighted by atomic mass is 35.5. The van der Waals surface area contributed by atoms with Gasteiger partial charge in [-0.1, -0.05) is 0 Å². The van der Waals surface area contributed by atoms with E-state index in [0.717, 1.165) is 24.6 Å². The van der Waals surface area contributed by atoms with Crippen LogP contribution in [0.25, 0.3) is 0 Å². The predicted molar refractivity (Wildman–Crippen MR) is 73.0 cm³/mol. The molecule has 0 aromatic carbocycles. The summed E-state index contributed by atoms with van der Waals surface area (Å²) in [5.74, 6) is 1.43. The van der Waals surface area contributed by atoms with Crippen molar-refractivity contribution in [1.29, 1.82) is 0 Å². The zero-order chi connectivity index (χ0) is 12.4. The summed E-state index contributed by atoms with van der Waals surface area (Å²) in [6.07, 6.45) is 3.88. The van der Waals surface area contributed by atoms with Crippen molar-refractivity contribution in [1.82, 2.24) is 15.1 Å². The Morgan fingerprint density at radius 1 is 1.17 bits per heavy atom. The van der Waals surface area contributed by atoms with Crippen molar-refractivity contribution in [2.45, 2.75) is 31.2 Å². The van der Waals surface area contributed by atoms with Gasteiger partial charge in [-0.05, 0) is 37.9 Å². The average Bonchev–Trinajstić information content (AvgIpc) is 2.76. The van der Waals surface area contributed by atoms with Gasteiger partial charge >= 0.3 is 0 Å². The van der Waals surface area contributed by atoms with Crippen LogP contribution >= 0.6 is 11.6 Å². The van der Waals surface area contributed by atoms with E-state index in [1.54, 1.807) is 0 Å². The van der Waals surface area contributed by atoms with Crippen molar-refractivity contribution in [3.8, 4) is 0 Å². The van der Waals surface area contributed by atoms with Crippen LogP contribution < -0.4 is 4.90 Å². The fourth-order valence-electron chi connectivity index (χ4n) is 3.01. The third-order valence-corrected chi connectivity index (χ3v) is 4.24. The number of alkyl halides is 1. The molecule has 2 aliphatic heterocycles. The number of anilines is 1. The second kappa shape index (κ2) is 5.41. The molecule has 2 aliphatic rings. The summed E-state index contributed by atoms with van der Waals surface area (Å²) in [7, 11) is 0. The molecule has 1 aromatic heterocycles. The smallest absolute Gasteiger partial charge is 0.151 e. The molecule has 1 aromatic rings. The van der Waals surface area contributed by atoms with Gasteiger partial charge in [-0.15, -0.1) is 16.7 Å². The molecule has 3 heterocycles. The second-order valence-electron chi connectivity index (χ2n) is 5.15. The maximum absolute atomic E-state index is 5.74. The molecule has 0 bridgehead atoms. The van der Waals surface area contributed by atoms with Crippen molar-refractivity contribution in [3.63, 3.8) is 0 Å². The number of aromatic nitrogens is 2. The maximum atomic E-state index is 5.74. The topological polar surface area (TPSA) is 32.3 Å². The van der Waals surface area contributed by atoms with Crippen molar-refractivity contribution in [3.05, 3.63) is 17.8 Å². The summed E-state index contributed by atoms with van der Waals surface area (Å²) < 4.78 is 0. The first-order chi connectivity index (χ1) is 8.86. The first kappa shape index (κ1) is 12.2. The fourth-order valence-corrected chi connectivity index (χ4v) is 3.15. The quantitative estimate of drug-likeness (QED) is 0.766. The van der Waals surface area contributed by atoms with E-state index in [1.165, 1.54) is 32.4 Å². The standard InChI is InChI=1S/C13H19ClN4/c14-9-11-4-5-13(16-15-11)18-8-2-7-17-6-1-3-12(17)10-18/h4-5,12H,1-3,6-10H2. The Hall–Kier alpha value is -0.870. The molecule has 1 unspecified atom stereocenters. The zero-order valence-electron chi connectivity index (χ0n) is 10.6. The third kappa shape index (κ3) is 2.45. The number of hydrogen-bond acceptors (Lipinski definition) is 4. The summed E-state index contributed by atoms with van der Waals surface area (Å²) in [6, 6.07) is 4.74. The summed E-state index contributed by atoms with van der Waals surface area (Å²) in [5, 5.41) is 8.45. The van der Waals surface area contributed by atoms with Gasteiger partial charge in [0, 0.05) is 25.7 Å². The first-order valence-electron chi connectivity index (χ1n) is 6.74. The normalized spacial score (nSPS) is 24.9. The van der Waals surface area contributed by atoms with Crippen molar-refractivity contribution in [2.75, 3.05) is 31.1 Å². The summed E-state index contributed by atoms with van der Waals surface area (Å²) in [4.78, 5) is 5.00. The minimum atomic E-state index is 0.434. The molecular weight excluding hydrogens is 248 g/mol. The molecule has 4 nitrogen and oxygen atoms in total. The van der Waals surface area contributed by atoms with E-state index in [0.29, 0.717) is 11.9 Å². The van der Waals surface area contributed by atoms with E-state index in [9.17, 15) is 0 Å². The molecule has 3 rings (SSSR count). The van der Waals surface area contributed by atoms with E-state index < -0.39 is 0 Å². The van der Waals surface area contributed by atoms with E-state index >= 15 is 0 Å². The van der Waals surface area contributed by atoms with Crippen LogP contribution in [0.1, 0.15) is 25.0 Å². The Labute approximate surface area is 113 Å². The van der Waals surface area contributed by atoms with Crippen LogP contribution in [0.3, 0.4) is 0 Å². The summed E-state index contributed by atoms with van der Waals surface area (Å²) in [6.45, 7) is 4.68. The van der Waals surface area contributed by atoms with Gasteiger partial charge in [0.1, 0.15) is 0 Å². The first-order valence-corrected chi connectivity index (χ1v) is 7.28. The van der Waals surface area contributed by atoms with Crippen molar-refractivity contribution in [2.24, 2.45) is 0 Å². The lowest BCUT2D eigenvalue weighted by molar-refractivity contribution is 0.273. The lowest BCUT2D eigenvalue weighted by Gasteiger charge is -2.26. The highest BCUT2D eigenvalue weighted by Crippen LogP contribution is 2.23. The largest absolute Gasteiger partial charge is 0.354 e. The van der Waals surface area contributed by atoms with Crippen LogP contribution in [0.15, 0.2) is 12.1 Å². The Bertz CT molecular complexity index is 394. The van der Waals surface area contributed by atoms with E-state index in [1.807, 2.05) is 6.07 Å². The molecule has 0 N–H and O–H groups in total. The predicted octanol–water partition coefficient (Wildman–Crippen LogP) is 1.89. The molecule has 18 heavy (non-hydrogen) atoms. The lowest BCUT2D eigenvalue weighted by atomic mass is 10.2. The molecule has 0 spiro atoms. The molecule has 98 valence electrons. The Morgan fingerprint density at radius 3 is 2.83 bits per heavy atom. The molecule has 1 atom stereocenters. The van der Waals surface area contributed by atoms with Gasteiger partial charge in [0.25, 0.3) is 0 Å². The monoisotopic (exact) mass is 266 g/mol. The van der Waals surface area contributed by atoms with Crippen LogP contribution in [-0.2, 0) is 5.88 Å². The van der Waals surface area contributed by atoms with Gasteiger partial charge in [0.2, 0.25) is 0 Å². The SMILES string of the molecule is ClCc1ccc(N2CCCN3CCCC3C2)nn1. The number of halogens is 1. The highest BCUT2D eigenvalue weighted by molar-refractivity contribution is 6.16. The van der Waals surface area contributed by atoms with E-state index in [-0.39, 0.29) is 0 Å². The molecule has 0 amide bonds. The summed E-state index contributed by atoms with van der Waals surface area (Å²) in [5.41, 5.74) is 0.845. The van der Waals surface area contributed by atoms with Gasteiger partial charge in [0.05, 0.1) is 11.6 Å². The van der Waals surface area contributed by atoms with Crippen LogP contribution in [0.4, 0.5) is 5.82 Å². The molecule has 2 saturated heterocycles. The zero-order valence-corrected chi connectivity index (χ0v) is 11.3. The lowest BCUT2D eigenvalue weighted by Crippen LogP contribution is -2.37. The highest BCUT2D eigenvalue weighted by Gasteiger charge is 2.29. The fraction of sp³-hybridized carbons (Fsp3) is 0.692. The van der Waals surface area contributed by atoms with E-state index in [2.05, 4.69) is 26.1 Å². The Morgan fingerprint density at radius 2 is 2.06 bits per heavy atom. The van der Waals surface area contributed by atoms with Crippen LogP contribution in [0.2, 0.25) is 0 Å². The van der Waals surface area contributed by atoms with Crippen LogP contribution in [-0.4, -0.2) is 47.3 Å². The number of fused-ring (bicyclic) bond motifs is 1. The van der Waals surface area contributed by atoms with Gasteiger partial charge in [-0.3, -0.25) is 4.90 Å². The van der Waals surface area contributed by atoms with Gasteiger partial charge in [-0.2, -0.15) is 5.10 Å². The molecular formula is C13H19ClN4. The number of rotatable bonds is 2. The minimum Gasteiger partial charge on any atom is -0.354 e. The Kier molecular flexibility index (Phi) is 3.66. The molecule has 0 saturated carbocycles. The van der Waals surface area contributed by atoms with Crippen molar-refractivity contribution < 1.29 is 0 Å². The Balaban J connectivity index is 1.74. The van der Waals surface area contributed by atoms with Crippen LogP contribution in [0, 0.1) is 0 Å². The molecule has 5 heteroatoms. The average molecular weight is 267 g/mol. The van der Waals surface area contributed by atoms with Crippen molar-refractivity contribution >= 4 is 17.4 Å². The molecule has 0 radical (unpaired) electrons. The second-order valence-corrected chi connectivity index (χ2v) is 5.42. The van der Waals surface area contributed by atoms with Gasteiger partial charge in [-0.25, -0.2) is 0 Å². The number of hydrogen-bond donors (Lipinski definition) is 0. The minimum absolute atomic E-state index is 0.434.